The number of benzene rings is 2. The summed E-state index contributed by atoms with van der Waals surface area (Å²) in [6.45, 7) is 2.91. The predicted octanol–water partition coefficient (Wildman–Crippen LogP) is 4.52. The molecule has 7 nitrogen and oxygen atoms in total. The van der Waals surface area contributed by atoms with Crippen LogP contribution in [-0.2, 0) is 20.9 Å². The summed E-state index contributed by atoms with van der Waals surface area (Å²) < 4.78 is 10.9. The normalized spacial score (nSPS) is 16.7. The van der Waals surface area contributed by atoms with Gasteiger partial charge >= 0.3 is 5.97 Å². The summed E-state index contributed by atoms with van der Waals surface area (Å²) in [7, 11) is 0. The van der Waals surface area contributed by atoms with Crippen molar-refractivity contribution in [2.24, 2.45) is 4.99 Å². The van der Waals surface area contributed by atoms with Crippen LogP contribution in [0.2, 0.25) is 5.02 Å². The van der Waals surface area contributed by atoms with Gasteiger partial charge in [-0.05, 0) is 43.4 Å². The molecule has 2 aliphatic rings. The lowest BCUT2D eigenvalue weighted by Crippen LogP contribution is -2.33. The second-order valence-electron chi connectivity index (χ2n) is 7.84. The Morgan fingerprint density at radius 2 is 1.88 bits per heavy atom. The molecule has 4 rings (SSSR count). The molecular formula is C24H26ClN3O4. The van der Waals surface area contributed by atoms with Gasteiger partial charge in [0.05, 0.1) is 30.5 Å². The molecule has 1 saturated heterocycles. The Hall–Kier alpha value is -3.06. The van der Waals surface area contributed by atoms with E-state index >= 15 is 0 Å². The van der Waals surface area contributed by atoms with Crippen LogP contribution in [0.4, 0.5) is 5.69 Å². The minimum atomic E-state index is -0.435. The number of unbranched alkanes of at least 4 members (excludes halogenated alkanes) is 3. The zero-order valence-corrected chi connectivity index (χ0v) is 18.7. The number of amides is 1. The van der Waals surface area contributed by atoms with Crippen LogP contribution in [0.25, 0.3) is 0 Å². The van der Waals surface area contributed by atoms with Gasteiger partial charge in [0.1, 0.15) is 11.8 Å². The third-order valence-corrected chi connectivity index (χ3v) is 5.94. The molecule has 1 atom stereocenters. The monoisotopic (exact) mass is 455 g/mol. The van der Waals surface area contributed by atoms with Crippen LogP contribution in [-0.4, -0.2) is 35.9 Å². The van der Waals surface area contributed by atoms with Crippen LogP contribution in [0.15, 0.2) is 47.5 Å². The number of carbonyl (C=O) groups is 2. The number of hydrogen-bond donors (Lipinski definition) is 1. The van der Waals surface area contributed by atoms with E-state index in [1.807, 2.05) is 47.4 Å². The van der Waals surface area contributed by atoms with Gasteiger partial charge in [-0.15, -0.1) is 0 Å². The summed E-state index contributed by atoms with van der Waals surface area (Å²) in [6.07, 6.45) is 3.70. The van der Waals surface area contributed by atoms with E-state index in [1.165, 1.54) is 6.92 Å². The Labute approximate surface area is 192 Å². The van der Waals surface area contributed by atoms with E-state index in [-0.39, 0.29) is 11.9 Å². The van der Waals surface area contributed by atoms with Crippen molar-refractivity contribution in [2.45, 2.75) is 45.2 Å². The number of fused-ring (bicyclic) bond motifs is 2. The average molecular weight is 456 g/mol. The number of halogens is 1. The lowest BCUT2D eigenvalue weighted by atomic mass is 10.0. The molecular weight excluding hydrogens is 430 g/mol. The third kappa shape index (κ3) is 4.88. The molecule has 0 radical (unpaired) electrons. The van der Waals surface area contributed by atoms with Gasteiger partial charge in [0.25, 0.3) is 5.91 Å². The van der Waals surface area contributed by atoms with E-state index in [4.69, 9.17) is 21.1 Å². The Kier molecular flexibility index (Phi) is 6.95. The van der Waals surface area contributed by atoms with E-state index < -0.39 is 6.04 Å². The Morgan fingerprint density at radius 3 is 2.62 bits per heavy atom. The fourth-order valence-electron chi connectivity index (χ4n) is 3.94. The van der Waals surface area contributed by atoms with Crippen LogP contribution in [0.3, 0.4) is 0 Å². The van der Waals surface area contributed by atoms with Crippen LogP contribution < -0.4 is 10.1 Å². The molecule has 1 unspecified atom stereocenters. The Bertz CT molecular complexity index is 1030. The topological polar surface area (TPSA) is 80.2 Å². The third-order valence-electron chi connectivity index (χ3n) is 5.52. The van der Waals surface area contributed by atoms with E-state index in [0.717, 1.165) is 42.5 Å². The van der Waals surface area contributed by atoms with Gasteiger partial charge in [-0.1, -0.05) is 41.9 Å². The quantitative estimate of drug-likeness (QED) is 0.444. The van der Waals surface area contributed by atoms with Crippen molar-refractivity contribution in [1.82, 2.24) is 10.2 Å². The highest BCUT2D eigenvalue weighted by molar-refractivity contribution is 6.33. The molecule has 2 aliphatic heterocycles. The minimum absolute atomic E-state index is 0.0935. The van der Waals surface area contributed by atoms with Gasteiger partial charge in [0.2, 0.25) is 5.96 Å². The number of guanidine groups is 1. The number of hydrogen-bond acceptors (Lipinski definition) is 6. The maximum absolute atomic E-state index is 12.6. The van der Waals surface area contributed by atoms with Gasteiger partial charge in [-0.25, -0.2) is 4.99 Å². The second-order valence-corrected chi connectivity index (χ2v) is 8.22. The van der Waals surface area contributed by atoms with Gasteiger partial charge in [0, 0.05) is 12.5 Å². The molecule has 0 bridgehead atoms. The van der Waals surface area contributed by atoms with Crippen molar-refractivity contribution >= 4 is 35.1 Å². The van der Waals surface area contributed by atoms with Gasteiger partial charge < -0.3 is 14.4 Å². The Balaban J connectivity index is 1.37. The summed E-state index contributed by atoms with van der Waals surface area (Å²) in [5.41, 5.74) is 2.51. The van der Waals surface area contributed by atoms with E-state index in [9.17, 15) is 9.59 Å². The van der Waals surface area contributed by atoms with E-state index in [0.29, 0.717) is 36.5 Å². The molecule has 8 heteroatoms. The molecule has 0 aromatic heterocycles. The lowest BCUT2D eigenvalue weighted by Gasteiger charge is -2.29. The first-order valence-electron chi connectivity index (χ1n) is 10.8. The zero-order valence-electron chi connectivity index (χ0n) is 18.0. The van der Waals surface area contributed by atoms with Gasteiger partial charge in [-0.2, -0.15) is 0 Å². The van der Waals surface area contributed by atoms with Crippen molar-refractivity contribution in [3.63, 3.8) is 0 Å². The van der Waals surface area contributed by atoms with Gasteiger partial charge in [0.15, 0.2) is 0 Å². The number of aliphatic imine (C=N–C) groups is 1. The largest absolute Gasteiger partial charge is 0.492 e. The smallest absolute Gasteiger partial charge is 0.302 e. The van der Waals surface area contributed by atoms with Crippen molar-refractivity contribution in [3.05, 3.63) is 58.6 Å². The van der Waals surface area contributed by atoms with Crippen molar-refractivity contribution in [1.29, 1.82) is 0 Å². The summed E-state index contributed by atoms with van der Waals surface area (Å²) in [5.74, 6) is 0.841. The zero-order chi connectivity index (χ0) is 22.5. The van der Waals surface area contributed by atoms with E-state index in [1.54, 1.807) is 0 Å². The molecule has 2 heterocycles. The standard InChI is InChI=1S/C24H26ClN3O4/c1-16(29)31-13-7-2-3-8-14-32-20-12-11-19-18(21(20)25)15-28-22(17-9-5-4-6-10-17)23(30)27-24(28)26-19/h4-6,9-12,22H,2-3,7-8,13-15H2,1H3,(H,26,27,30). The number of carbonyl (C=O) groups excluding carboxylic acids is 2. The molecule has 1 fully saturated rings. The van der Waals surface area contributed by atoms with Crippen molar-refractivity contribution in [3.8, 4) is 5.75 Å². The van der Waals surface area contributed by atoms with E-state index in [2.05, 4.69) is 10.3 Å². The summed E-state index contributed by atoms with van der Waals surface area (Å²) in [4.78, 5) is 29.9. The molecule has 1 amide bonds. The lowest BCUT2D eigenvalue weighted by molar-refractivity contribution is -0.141. The highest BCUT2D eigenvalue weighted by atomic mass is 35.5. The summed E-state index contributed by atoms with van der Waals surface area (Å²) in [6, 6.07) is 12.9. The first kappa shape index (κ1) is 22.1. The molecule has 32 heavy (non-hydrogen) atoms. The first-order valence-corrected chi connectivity index (χ1v) is 11.2. The Morgan fingerprint density at radius 1 is 1.12 bits per heavy atom. The number of ether oxygens (including phenoxy) is 2. The average Bonchev–Trinajstić information content (AvgIpc) is 3.10. The number of rotatable bonds is 9. The number of esters is 1. The van der Waals surface area contributed by atoms with Crippen LogP contribution in [0.1, 0.15) is 49.8 Å². The maximum atomic E-state index is 12.6. The van der Waals surface area contributed by atoms with Crippen molar-refractivity contribution in [2.75, 3.05) is 13.2 Å². The second kappa shape index (κ2) is 10.0. The fraction of sp³-hybridized carbons (Fsp3) is 0.375. The van der Waals surface area contributed by atoms with Crippen molar-refractivity contribution < 1.29 is 19.1 Å². The molecule has 0 spiro atoms. The maximum Gasteiger partial charge on any atom is 0.302 e. The number of nitrogens with one attached hydrogen (secondary N) is 1. The van der Waals surface area contributed by atoms with Crippen LogP contribution in [0, 0.1) is 0 Å². The molecule has 2 aromatic rings. The molecule has 1 N–H and O–H groups in total. The predicted molar refractivity (Wildman–Crippen MR) is 122 cm³/mol. The van der Waals surface area contributed by atoms with Crippen LogP contribution in [0.5, 0.6) is 5.75 Å². The fourth-order valence-corrected chi connectivity index (χ4v) is 4.21. The highest BCUT2D eigenvalue weighted by Crippen LogP contribution is 2.41. The first-order chi connectivity index (χ1) is 15.5. The summed E-state index contributed by atoms with van der Waals surface area (Å²) >= 11 is 6.68. The summed E-state index contributed by atoms with van der Waals surface area (Å²) in [5, 5.41) is 3.42. The minimum Gasteiger partial charge on any atom is -0.492 e. The molecule has 168 valence electrons. The number of nitrogens with zero attached hydrogens (tertiary/aromatic N) is 2. The highest BCUT2D eigenvalue weighted by Gasteiger charge is 2.40. The molecule has 0 saturated carbocycles. The molecule has 2 aromatic carbocycles. The van der Waals surface area contributed by atoms with Crippen LogP contribution >= 0.6 is 11.6 Å². The molecule has 0 aliphatic carbocycles. The van der Waals surface area contributed by atoms with Gasteiger partial charge in [-0.3, -0.25) is 14.9 Å². The SMILES string of the molecule is CC(=O)OCCCCCCOc1ccc2c(c1Cl)CN1C(=N2)NC(=O)C1c1ccccc1.